The van der Waals surface area contributed by atoms with Gasteiger partial charge in [0, 0.05) is 12.3 Å². The lowest BCUT2D eigenvalue weighted by molar-refractivity contribution is -0.179. The molecular formula is C17H28O7. The van der Waals surface area contributed by atoms with Crippen LogP contribution in [0.3, 0.4) is 0 Å². The number of esters is 1. The van der Waals surface area contributed by atoms with E-state index in [1.807, 2.05) is 6.92 Å². The van der Waals surface area contributed by atoms with Crippen LogP contribution in [0.5, 0.6) is 0 Å². The lowest BCUT2D eigenvalue weighted by atomic mass is 9.82. The quantitative estimate of drug-likeness (QED) is 0.532. The van der Waals surface area contributed by atoms with Crippen LogP contribution in [0.4, 0.5) is 4.79 Å². The van der Waals surface area contributed by atoms with E-state index in [4.69, 9.17) is 19.3 Å². The predicted octanol–water partition coefficient (Wildman–Crippen LogP) is 3.36. The summed E-state index contributed by atoms with van der Waals surface area (Å²) in [6, 6.07) is 0. The van der Waals surface area contributed by atoms with Crippen LogP contribution >= 0.6 is 0 Å². The van der Waals surface area contributed by atoms with Gasteiger partial charge in [0.1, 0.15) is 0 Å². The van der Waals surface area contributed by atoms with E-state index in [-0.39, 0.29) is 30.8 Å². The van der Waals surface area contributed by atoms with Crippen molar-refractivity contribution in [1.29, 1.82) is 0 Å². The molecule has 0 spiro atoms. The number of carbonyl (C=O) groups excluding carboxylic acids is 2. The molecule has 0 aromatic rings. The highest BCUT2D eigenvalue weighted by atomic mass is 16.8. The Hall–Kier alpha value is -1.79. The van der Waals surface area contributed by atoms with Crippen molar-refractivity contribution >= 4 is 18.1 Å². The van der Waals surface area contributed by atoms with Gasteiger partial charge in [0.05, 0.1) is 12.5 Å². The smallest absolute Gasteiger partial charge is 0.481 e. The predicted molar refractivity (Wildman–Crippen MR) is 85.1 cm³/mol. The molecule has 0 heterocycles. The van der Waals surface area contributed by atoms with E-state index in [1.165, 1.54) is 0 Å². The molecular weight excluding hydrogens is 316 g/mol. The first-order valence-electron chi connectivity index (χ1n) is 8.59. The molecule has 0 bridgehead atoms. The molecule has 1 N–H and O–H groups in total. The van der Waals surface area contributed by atoms with Crippen molar-refractivity contribution in [3.05, 3.63) is 0 Å². The lowest BCUT2D eigenvalue weighted by Crippen LogP contribution is -2.31. The van der Waals surface area contributed by atoms with Crippen molar-refractivity contribution in [1.82, 2.24) is 0 Å². The Morgan fingerprint density at radius 2 is 1.71 bits per heavy atom. The van der Waals surface area contributed by atoms with E-state index in [1.54, 1.807) is 13.8 Å². The Balaban J connectivity index is 2.33. The summed E-state index contributed by atoms with van der Waals surface area (Å²) in [6.45, 7) is 5.62. The molecule has 0 aromatic carbocycles. The van der Waals surface area contributed by atoms with Gasteiger partial charge in [0.15, 0.2) is 0 Å². The van der Waals surface area contributed by atoms with E-state index in [2.05, 4.69) is 0 Å². The second-order valence-corrected chi connectivity index (χ2v) is 6.59. The van der Waals surface area contributed by atoms with Crippen LogP contribution in [0.2, 0.25) is 0 Å². The van der Waals surface area contributed by atoms with Crippen LogP contribution in [0.25, 0.3) is 0 Å². The maximum atomic E-state index is 11.8. The minimum absolute atomic E-state index is 0.147. The molecule has 24 heavy (non-hydrogen) atoms. The van der Waals surface area contributed by atoms with Gasteiger partial charge in [-0.05, 0) is 38.0 Å². The van der Waals surface area contributed by atoms with Crippen molar-refractivity contribution < 1.29 is 33.7 Å². The van der Waals surface area contributed by atoms with Gasteiger partial charge in [-0.1, -0.05) is 20.8 Å². The largest absolute Gasteiger partial charge is 0.511 e. The maximum Gasteiger partial charge on any atom is 0.511 e. The summed E-state index contributed by atoms with van der Waals surface area (Å²) in [5.41, 5.74) is 0. The van der Waals surface area contributed by atoms with Crippen LogP contribution in [0.15, 0.2) is 0 Å². The zero-order valence-corrected chi connectivity index (χ0v) is 14.7. The lowest BCUT2D eigenvalue weighted by Gasteiger charge is -2.26. The molecule has 0 amide bonds. The standard InChI is InChI=1S/C17H28O7/c1-4-5-14(18)23-16(11(2)3)24-17(21)22-10-12-6-8-13(9-7-12)15(19)20/h11-13,16H,4-10H2,1-3H3,(H,19,20). The number of ether oxygens (including phenoxy) is 3. The first kappa shape index (κ1) is 20.3. The molecule has 1 aliphatic rings. The van der Waals surface area contributed by atoms with E-state index >= 15 is 0 Å². The monoisotopic (exact) mass is 344 g/mol. The van der Waals surface area contributed by atoms with Crippen LogP contribution in [0.1, 0.15) is 59.3 Å². The SMILES string of the molecule is CCCC(=O)OC(OC(=O)OCC1CCC(C(=O)O)CC1)C(C)C. The summed E-state index contributed by atoms with van der Waals surface area (Å²) in [5, 5.41) is 8.96. The van der Waals surface area contributed by atoms with Gasteiger partial charge in [0.25, 0.3) is 6.29 Å². The van der Waals surface area contributed by atoms with Crippen LogP contribution in [-0.4, -0.2) is 36.1 Å². The molecule has 1 atom stereocenters. The minimum atomic E-state index is -0.959. The fourth-order valence-corrected chi connectivity index (χ4v) is 2.58. The number of carbonyl (C=O) groups is 3. The highest BCUT2D eigenvalue weighted by Crippen LogP contribution is 2.29. The molecule has 7 nitrogen and oxygen atoms in total. The first-order chi connectivity index (χ1) is 11.3. The van der Waals surface area contributed by atoms with Gasteiger partial charge >= 0.3 is 18.1 Å². The second-order valence-electron chi connectivity index (χ2n) is 6.59. The third-order valence-corrected chi connectivity index (χ3v) is 4.09. The molecule has 0 saturated heterocycles. The van der Waals surface area contributed by atoms with Crippen molar-refractivity contribution in [2.45, 2.75) is 65.6 Å². The van der Waals surface area contributed by atoms with Crippen molar-refractivity contribution in [3.63, 3.8) is 0 Å². The molecule has 7 heteroatoms. The number of hydrogen-bond donors (Lipinski definition) is 1. The number of hydrogen-bond acceptors (Lipinski definition) is 6. The van der Waals surface area contributed by atoms with Crippen LogP contribution in [-0.2, 0) is 23.8 Å². The van der Waals surface area contributed by atoms with E-state index in [0.717, 1.165) is 0 Å². The maximum absolute atomic E-state index is 11.8. The Bertz CT molecular complexity index is 425. The summed E-state index contributed by atoms with van der Waals surface area (Å²) >= 11 is 0. The topological polar surface area (TPSA) is 99.1 Å². The highest BCUT2D eigenvalue weighted by molar-refractivity contribution is 5.70. The average Bonchev–Trinajstić information content (AvgIpc) is 2.52. The Kier molecular flexibility index (Phi) is 8.57. The fraction of sp³-hybridized carbons (Fsp3) is 0.824. The van der Waals surface area contributed by atoms with Gasteiger partial charge in [-0.3, -0.25) is 9.59 Å². The van der Waals surface area contributed by atoms with Crippen molar-refractivity contribution in [2.75, 3.05) is 6.61 Å². The highest BCUT2D eigenvalue weighted by Gasteiger charge is 2.28. The Labute approximate surface area is 142 Å². The molecule has 0 aromatic heterocycles. The normalized spacial score (nSPS) is 21.8. The molecule has 1 rings (SSSR count). The zero-order chi connectivity index (χ0) is 18.1. The van der Waals surface area contributed by atoms with Crippen LogP contribution < -0.4 is 0 Å². The minimum Gasteiger partial charge on any atom is -0.481 e. The number of carboxylic acids is 1. The first-order valence-corrected chi connectivity index (χ1v) is 8.59. The van der Waals surface area contributed by atoms with Gasteiger partial charge < -0.3 is 19.3 Å². The molecule has 1 unspecified atom stereocenters. The Morgan fingerprint density at radius 1 is 1.08 bits per heavy atom. The van der Waals surface area contributed by atoms with Crippen LogP contribution in [0, 0.1) is 17.8 Å². The summed E-state index contributed by atoms with van der Waals surface area (Å²) in [5.74, 6) is -1.49. The van der Waals surface area contributed by atoms with E-state index in [9.17, 15) is 14.4 Å². The van der Waals surface area contributed by atoms with E-state index < -0.39 is 24.4 Å². The molecule has 0 aliphatic heterocycles. The summed E-state index contributed by atoms with van der Waals surface area (Å²) < 4.78 is 15.3. The summed E-state index contributed by atoms with van der Waals surface area (Å²) in [6.07, 6.45) is 1.73. The number of carboxylic acid groups (broad SMARTS) is 1. The second kappa shape index (κ2) is 10.2. The molecule has 0 radical (unpaired) electrons. The third kappa shape index (κ3) is 7.19. The Morgan fingerprint density at radius 3 is 2.21 bits per heavy atom. The van der Waals surface area contributed by atoms with Gasteiger partial charge in [-0.2, -0.15) is 0 Å². The molecule has 1 saturated carbocycles. The van der Waals surface area contributed by atoms with Crippen molar-refractivity contribution in [3.8, 4) is 0 Å². The van der Waals surface area contributed by atoms with Crippen molar-refractivity contribution in [2.24, 2.45) is 17.8 Å². The average molecular weight is 344 g/mol. The van der Waals surface area contributed by atoms with E-state index in [0.29, 0.717) is 32.1 Å². The number of aliphatic carboxylic acids is 1. The summed E-state index contributed by atoms with van der Waals surface area (Å²) in [7, 11) is 0. The summed E-state index contributed by atoms with van der Waals surface area (Å²) in [4.78, 5) is 34.2. The molecule has 1 fully saturated rings. The zero-order valence-electron chi connectivity index (χ0n) is 14.7. The third-order valence-electron chi connectivity index (χ3n) is 4.09. The number of rotatable bonds is 8. The molecule has 1 aliphatic carbocycles. The van der Waals surface area contributed by atoms with Gasteiger partial charge in [-0.15, -0.1) is 0 Å². The van der Waals surface area contributed by atoms with Gasteiger partial charge in [0.2, 0.25) is 0 Å². The fourth-order valence-electron chi connectivity index (χ4n) is 2.58. The molecule has 138 valence electrons. The van der Waals surface area contributed by atoms with Gasteiger partial charge in [-0.25, -0.2) is 4.79 Å².